The number of carboxylic acids is 1. The van der Waals surface area contributed by atoms with Gasteiger partial charge in [0.1, 0.15) is 12.2 Å². The van der Waals surface area contributed by atoms with Crippen LogP contribution in [0.2, 0.25) is 0 Å². The van der Waals surface area contributed by atoms with Gasteiger partial charge in [-0.2, -0.15) is 0 Å². The van der Waals surface area contributed by atoms with Gasteiger partial charge in [0, 0.05) is 5.39 Å². The third kappa shape index (κ3) is 2.83. The molecule has 1 heterocycles. The number of rotatable bonds is 4. The minimum Gasteiger partial charge on any atom is -0.475 e. The van der Waals surface area contributed by atoms with E-state index in [0.717, 1.165) is 5.56 Å². The number of carbonyl (C=O) groups excluding carboxylic acids is 1. The Balaban J connectivity index is 1.77. The van der Waals surface area contributed by atoms with Gasteiger partial charge in [0.05, 0.1) is 5.56 Å². The molecule has 5 heteroatoms. The van der Waals surface area contributed by atoms with Crippen molar-refractivity contribution in [3.05, 3.63) is 71.5 Å². The minimum absolute atomic E-state index is 0.162. The second kappa shape index (κ2) is 5.73. The second-order valence-corrected chi connectivity index (χ2v) is 4.73. The van der Waals surface area contributed by atoms with Crippen molar-refractivity contribution in [3.63, 3.8) is 0 Å². The molecule has 0 bridgehead atoms. The van der Waals surface area contributed by atoms with Gasteiger partial charge in [0.25, 0.3) is 0 Å². The van der Waals surface area contributed by atoms with Crippen LogP contribution in [-0.2, 0) is 11.3 Å². The first-order valence-corrected chi connectivity index (χ1v) is 6.61. The van der Waals surface area contributed by atoms with Gasteiger partial charge in [-0.3, -0.25) is 0 Å². The average molecular weight is 296 g/mol. The Morgan fingerprint density at radius 3 is 2.55 bits per heavy atom. The van der Waals surface area contributed by atoms with E-state index in [1.54, 1.807) is 18.2 Å². The van der Waals surface area contributed by atoms with Gasteiger partial charge in [0.2, 0.25) is 5.76 Å². The number of carbonyl (C=O) groups is 2. The molecule has 0 saturated carbocycles. The summed E-state index contributed by atoms with van der Waals surface area (Å²) in [5, 5.41) is 9.44. The van der Waals surface area contributed by atoms with Gasteiger partial charge < -0.3 is 14.3 Å². The van der Waals surface area contributed by atoms with Gasteiger partial charge in [-0.15, -0.1) is 0 Å². The lowest BCUT2D eigenvalue weighted by molar-refractivity contribution is 0.0472. The summed E-state index contributed by atoms with van der Waals surface area (Å²) in [5.41, 5.74) is 1.66. The topological polar surface area (TPSA) is 76.7 Å². The Morgan fingerprint density at radius 1 is 1.05 bits per heavy atom. The third-order valence-corrected chi connectivity index (χ3v) is 3.18. The first-order chi connectivity index (χ1) is 10.6. The normalized spacial score (nSPS) is 10.5. The fourth-order valence-corrected chi connectivity index (χ4v) is 2.08. The predicted octanol–water partition coefficient (Wildman–Crippen LogP) is 3.49. The fraction of sp³-hybridized carbons (Fsp3) is 0.0588. The van der Waals surface area contributed by atoms with Crippen molar-refractivity contribution in [2.45, 2.75) is 6.61 Å². The molecule has 2 aromatic carbocycles. The summed E-state index contributed by atoms with van der Waals surface area (Å²) in [5.74, 6) is -1.78. The highest BCUT2D eigenvalue weighted by Crippen LogP contribution is 2.21. The summed E-state index contributed by atoms with van der Waals surface area (Å²) < 4.78 is 10.4. The molecule has 5 nitrogen and oxygen atoms in total. The van der Waals surface area contributed by atoms with Crippen LogP contribution in [0, 0.1) is 0 Å². The van der Waals surface area contributed by atoms with Crippen LogP contribution in [0.5, 0.6) is 0 Å². The Hall–Kier alpha value is -3.08. The van der Waals surface area contributed by atoms with E-state index >= 15 is 0 Å². The first kappa shape index (κ1) is 13.9. The van der Waals surface area contributed by atoms with Crippen LogP contribution < -0.4 is 0 Å². The molecule has 0 spiro atoms. The van der Waals surface area contributed by atoms with Gasteiger partial charge in [0.15, 0.2) is 0 Å². The number of aromatic carboxylic acids is 1. The van der Waals surface area contributed by atoms with Crippen molar-refractivity contribution in [1.29, 1.82) is 0 Å². The summed E-state index contributed by atoms with van der Waals surface area (Å²) in [6.07, 6.45) is 0. The highest BCUT2D eigenvalue weighted by Gasteiger charge is 2.13. The molecule has 0 atom stereocenters. The molecule has 1 N–H and O–H groups in total. The summed E-state index contributed by atoms with van der Waals surface area (Å²) in [6, 6.07) is 15.4. The van der Waals surface area contributed by atoms with Gasteiger partial charge in [-0.25, -0.2) is 9.59 Å². The Bertz CT molecular complexity index is 833. The highest BCUT2D eigenvalue weighted by atomic mass is 16.5. The van der Waals surface area contributed by atoms with E-state index in [4.69, 9.17) is 14.3 Å². The Labute approximate surface area is 125 Å². The Kier molecular flexibility index (Phi) is 3.62. The molecular weight excluding hydrogens is 284 g/mol. The highest BCUT2D eigenvalue weighted by molar-refractivity contribution is 5.96. The van der Waals surface area contributed by atoms with E-state index in [9.17, 15) is 9.59 Å². The lowest BCUT2D eigenvalue weighted by Crippen LogP contribution is -2.04. The molecule has 3 rings (SSSR count). The minimum atomic E-state index is -1.15. The standard InChI is InChI=1S/C17H12O5/c18-16(19)15-9-13-8-12(6-7-14(13)22-15)17(20)21-10-11-4-2-1-3-5-11/h1-9H,10H2,(H,18,19). The van der Waals surface area contributed by atoms with Crippen molar-refractivity contribution >= 4 is 22.9 Å². The molecule has 0 unspecified atom stereocenters. The maximum Gasteiger partial charge on any atom is 0.371 e. The van der Waals surface area contributed by atoms with E-state index in [2.05, 4.69) is 0 Å². The van der Waals surface area contributed by atoms with Crippen LogP contribution in [0.4, 0.5) is 0 Å². The number of esters is 1. The quantitative estimate of drug-likeness (QED) is 0.746. The van der Waals surface area contributed by atoms with E-state index in [1.165, 1.54) is 6.07 Å². The summed E-state index contributed by atoms with van der Waals surface area (Å²) in [7, 11) is 0. The number of hydrogen-bond donors (Lipinski definition) is 1. The number of ether oxygens (including phenoxy) is 1. The molecule has 0 saturated heterocycles. The van der Waals surface area contributed by atoms with Crippen molar-refractivity contribution < 1.29 is 23.8 Å². The average Bonchev–Trinajstić information content (AvgIpc) is 2.97. The molecule has 22 heavy (non-hydrogen) atoms. The van der Waals surface area contributed by atoms with Crippen molar-refractivity contribution in [2.24, 2.45) is 0 Å². The maximum absolute atomic E-state index is 12.0. The van der Waals surface area contributed by atoms with Crippen molar-refractivity contribution in [2.75, 3.05) is 0 Å². The predicted molar refractivity (Wildman–Crippen MR) is 78.7 cm³/mol. The van der Waals surface area contributed by atoms with Gasteiger partial charge in [-0.05, 0) is 29.8 Å². The third-order valence-electron chi connectivity index (χ3n) is 3.18. The van der Waals surface area contributed by atoms with Gasteiger partial charge in [-0.1, -0.05) is 30.3 Å². The van der Waals surface area contributed by atoms with Crippen LogP contribution in [0.25, 0.3) is 11.0 Å². The molecule has 0 fully saturated rings. The zero-order chi connectivity index (χ0) is 15.5. The van der Waals surface area contributed by atoms with Crippen LogP contribution in [-0.4, -0.2) is 17.0 Å². The molecule has 110 valence electrons. The number of furan rings is 1. The number of fused-ring (bicyclic) bond motifs is 1. The zero-order valence-corrected chi connectivity index (χ0v) is 11.5. The second-order valence-electron chi connectivity index (χ2n) is 4.73. The summed E-state index contributed by atoms with van der Waals surface area (Å²) in [6.45, 7) is 0.184. The lowest BCUT2D eigenvalue weighted by atomic mass is 10.1. The molecule has 0 amide bonds. The molecule has 0 aliphatic carbocycles. The molecule has 0 aliphatic heterocycles. The van der Waals surface area contributed by atoms with E-state index in [-0.39, 0.29) is 12.4 Å². The number of hydrogen-bond acceptors (Lipinski definition) is 4. The van der Waals surface area contributed by atoms with Crippen LogP contribution in [0.3, 0.4) is 0 Å². The molecule has 3 aromatic rings. The van der Waals surface area contributed by atoms with Gasteiger partial charge >= 0.3 is 11.9 Å². The lowest BCUT2D eigenvalue weighted by Gasteiger charge is -2.04. The van der Waals surface area contributed by atoms with Crippen molar-refractivity contribution in [1.82, 2.24) is 0 Å². The molecule has 0 aliphatic rings. The Morgan fingerprint density at radius 2 is 1.82 bits per heavy atom. The SMILES string of the molecule is O=C(OCc1ccccc1)c1ccc2oc(C(=O)O)cc2c1. The smallest absolute Gasteiger partial charge is 0.371 e. The fourth-order valence-electron chi connectivity index (χ4n) is 2.08. The molecule has 0 radical (unpaired) electrons. The molecular formula is C17H12O5. The monoisotopic (exact) mass is 296 g/mol. The van der Waals surface area contributed by atoms with E-state index < -0.39 is 11.9 Å². The zero-order valence-electron chi connectivity index (χ0n) is 11.5. The van der Waals surface area contributed by atoms with Crippen LogP contribution in [0.1, 0.15) is 26.5 Å². The number of benzene rings is 2. The first-order valence-electron chi connectivity index (χ1n) is 6.61. The molecule has 1 aromatic heterocycles. The summed E-state index contributed by atoms with van der Waals surface area (Å²) in [4.78, 5) is 22.9. The summed E-state index contributed by atoms with van der Waals surface area (Å²) >= 11 is 0. The largest absolute Gasteiger partial charge is 0.475 e. The number of carboxylic acid groups (broad SMARTS) is 1. The van der Waals surface area contributed by atoms with E-state index in [1.807, 2.05) is 30.3 Å². The maximum atomic E-state index is 12.0. The van der Waals surface area contributed by atoms with E-state index in [0.29, 0.717) is 16.5 Å². The van der Waals surface area contributed by atoms with Crippen LogP contribution in [0.15, 0.2) is 59.0 Å². The van der Waals surface area contributed by atoms with Crippen molar-refractivity contribution in [3.8, 4) is 0 Å². The van der Waals surface area contributed by atoms with Crippen LogP contribution >= 0.6 is 0 Å².